The highest BCUT2D eigenvalue weighted by Gasteiger charge is 2.28. The Bertz CT molecular complexity index is 780. The zero-order valence-corrected chi connectivity index (χ0v) is 16.1. The minimum atomic E-state index is -3.34. The van der Waals surface area contributed by atoms with Crippen molar-refractivity contribution in [1.82, 2.24) is 10.2 Å². The fourth-order valence-corrected chi connectivity index (χ4v) is 3.95. The van der Waals surface area contributed by atoms with Gasteiger partial charge in [0, 0.05) is 37.0 Å². The van der Waals surface area contributed by atoms with E-state index in [0.717, 1.165) is 19.1 Å². The van der Waals surface area contributed by atoms with Crippen LogP contribution >= 0.6 is 0 Å². The van der Waals surface area contributed by atoms with Crippen molar-refractivity contribution < 1.29 is 22.7 Å². The molecule has 0 radical (unpaired) electrons. The molecule has 2 N–H and O–H groups in total. The SMILES string of the molecule is CS(=O)(=O)Nc1ccc(C(=O)N2CCC(NC(=O)C3CCCO3)CC2)cc1. The minimum absolute atomic E-state index is 0.0498. The first kappa shape index (κ1) is 19.6. The van der Waals surface area contributed by atoms with E-state index in [-0.39, 0.29) is 24.0 Å². The van der Waals surface area contributed by atoms with Gasteiger partial charge in [0.15, 0.2) is 0 Å². The summed E-state index contributed by atoms with van der Waals surface area (Å²) in [5.74, 6) is -0.143. The number of carbonyl (C=O) groups excluding carboxylic acids is 2. The topological polar surface area (TPSA) is 105 Å². The molecule has 0 aromatic heterocycles. The summed E-state index contributed by atoms with van der Waals surface area (Å²) in [6.07, 6.45) is 3.85. The van der Waals surface area contributed by atoms with Crippen molar-refractivity contribution in [3.05, 3.63) is 29.8 Å². The average Bonchev–Trinajstić information content (AvgIpc) is 3.16. The predicted octanol–water partition coefficient (Wildman–Crippen LogP) is 0.958. The predicted molar refractivity (Wildman–Crippen MR) is 101 cm³/mol. The number of likely N-dealkylation sites (tertiary alicyclic amines) is 1. The van der Waals surface area contributed by atoms with Crippen molar-refractivity contribution >= 4 is 27.5 Å². The molecule has 8 nitrogen and oxygen atoms in total. The number of hydrogen-bond donors (Lipinski definition) is 2. The fourth-order valence-electron chi connectivity index (χ4n) is 3.38. The second-order valence-corrected chi connectivity index (χ2v) is 8.78. The van der Waals surface area contributed by atoms with Crippen LogP contribution in [-0.2, 0) is 19.6 Å². The van der Waals surface area contributed by atoms with Crippen LogP contribution in [0.5, 0.6) is 0 Å². The zero-order chi connectivity index (χ0) is 19.4. The maximum absolute atomic E-state index is 12.6. The minimum Gasteiger partial charge on any atom is -0.368 e. The smallest absolute Gasteiger partial charge is 0.253 e. The van der Waals surface area contributed by atoms with E-state index in [1.807, 2.05) is 0 Å². The third kappa shape index (κ3) is 5.43. The van der Waals surface area contributed by atoms with Gasteiger partial charge in [0.1, 0.15) is 6.10 Å². The van der Waals surface area contributed by atoms with Gasteiger partial charge in [0.25, 0.3) is 5.91 Å². The number of nitrogens with zero attached hydrogens (tertiary/aromatic N) is 1. The number of amides is 2. The molecular formula is C18H25N3O5S. The number of ether oxygens (including phenoxy) is 1. The van der Waals surface area contributed by atoms with E-state index < -0.39 is 10.0 Å². The highest BCUT2D eigenvalue weighted by Crippen LogP contribution is 2.18. The van der Waals surface area contributed by atoms with Crippen molar-refractivity contribution in [3.63, 3.8) is 0 Å². The van der Waals surface area contributed by atoms with E-state index in [2.05, 4.69) is 10.0 Å². The summed E-state index contributed by atoms with van der Waals surface area (Å²) in [4.78, 5) is 26.5. The summed E-state index contributed by atoms with van der Waals surface area (Å²) in [6.45, 7) is 1.78. The van der Waals surface area contributed by atoms with Gasteiger partial charge in [-0.05, 0) is 49.9 Å². The summed E-state index contributed by atoms with van der Waals surface area (Å²) < 4.78 is 30.2. The molecule has 2 saturated heterocycles. The molecule has 1 atom stereocenters. The molecular weight excluding hydrogens is 370 g/mol. The van der Waals surface area contributed by atoms with Gasteiger partial charge in [-0.25, -0.2) is 8.42 Å². The van der Waals surface area contributed by atoms with Crippen LogP contribution in [-0.4, -0.2) is 63.2 Å². The van der Waals surface area contributed by atoms with Gasteiger partial charge in [-0.15, -0.1) is 0 Å². The Morgan fingerprint density at radius 1 is 1.11 bits per heavy atom. The Morgan fingerprint density at radius 3 is 2.33 bits per heavy atom. The molecule has 9 heteroatoms. The van der Waals surface area contributed by atoms with Gasteiger partial charge < -0.3 is 15.0 Å². The van der Waals surface area contributed by atoms with E-state index in [1.165, 1.54) is 0 Å². The van der Waals surface area contributed by atoms with E-state index >= 15 is 0 Å². The number of benzene rings is 1. The molecule has 1 unspecified atom stereocenters. The van der Waals surface area contributed by atoms with Crippen molar-refractivity contribution in [2.45, 2.75) is 37.8 Å². The number of anilines is 1. The van der Waals surface area contributed by atoms with Gasteiger partial charge in [0.2, 0.25) is 15.9 Å². The Kier molecular flexibility index (Phi) is 6.01. The highest BCUT2D eigenvalue weighted by atomic mass is 32.2. The lowest BCUT2D eigenvalue weighted by atomic mass is 10.0. The Labute approximate surface area is 159 Å². The van der Waals surface area contributed by atoms with Crippen molar-refractivity contribution in [2.24, 2.45) is 0 Å². The van der Waals surface area contributed by atoms with Crippen LogP contribution in [0, 0.1) is 0 Å². The van der Waals surface area contributed by atoms with Crippen LogP contribution in [0.3, 0.4) is 0 Å². The summed E-state index contributed by atoms with van der Waals surface area (Å²) in [5, 5.41) is 3.02. The maximum atomic E-state index is 12.6. The van der Waals surface area contributed by atoms with Crippen LogP contribution in [0.2, 0.25) is 0 Å². The first-order valence-corrected chi connectivity index (χ1v) is 11.0. The molecule has 148 valence electrons. The van der Waals surface area contributed by atoms with E-state index in [9.17, 15) is 18.0 Å². The second kappa shape index (κ2) is 8.26. The molecule has 27 heavy (non-hydrogen) atoms. The summed E-state index contributed by atoms with van der Waals surface area (Å²) in [6, 6.07) is 6.43. The van der Waals surface area contributed by atoms with Crippen molar-refractivity contribution in [1.29, 1.82) is 0 Å². The number of piperidine rings is 1. The third-order valence-electron chi connectivity index (χ3n) is 4.79. The molecule has 0 aliphatic carbocycles. The molecule has 2 amide bonds. The second-order valence-electron chi connectivity index (χ2n) is 7.03. The number of rotatable bonds is 5. The molecule has 2 heterocycles. The van der Waals surface area contributed by atoms with Gasteiger partial charge >= 0.3 is 0 Å². The molecule has 0 spiro atoms. The van der Waals surface area contributed by atoms with Crippen LogP contribution in [0.25, 0.3) is 0 Å². The largest absolute Gasteiger partial charge is 0.368 e. The third-order valence-corrected chi connectivity index (χ3v) is 5.39. The summed E-state index contributed by atoms with van der Waals surface area (Å²) in [5.41, 5.74) is 0.931. The lowest BCUT2D eigenvalue weighted by molar-refractivity contribution is -0.131. The molecule has 2 aliphatic rings. The molecule has 3 rings (SSSR count). The Morgan fingerprint density at radius 2 is 1.78 bits per heavy atom. The quantitative estimate of drug-likeness (QED) is 0.773. The van der Waals surface area contributed by atoms with Crippen molar-refractivity contribution in [3.8, 4) is 0 Å². The monoisotopic (exact) mass is 395 g/mol. The average molecular weight is 395 g/mol. The molecule has 0 bridgehead atoms. The lowest BCUT2D eigenvalue weighted by Crippen LogP contribution is -2.48. The van der Waals surface area contributed by atoms with Crippen LogP contribution < -0.4 is 10.0 Å². The van der Waals surface area contributed by atoms with Gasteiger partial charge in [-0.3, -0.25) is 14.3 Å². The van der Waals surface area contributed by atoms with Gasteiger partial charge in [0.05, 0.1) is 6.26 Å². The van der Waals surface area contributed by atoms with Gasteiger partial charge in [-0.2, -0.15) is 0 Å². The molecule has 0 saturated carbocycles. The standard InChI is InChI=1S/C18H25N3O5S/c1-27(24,25)20-15-6-4-13(5-7-15)18(23)21-10-8-14(9-11-21)19-17(22)16-3-2-12-26-16/h4-7,14,16,20H,2-3,8-12H2,1H3,(H,19,22). The normalized spacial score (nSPS) is 21.1. The lowest BCUT2D eigenvalue weighted by Gasteiger charge is -2.33. The van der Waals surface area contributed by atoms with Crippen LogP contribution in [0.4, 0.5) is 5.69 Å². The van der Waals surface area contributed by atoms with E-state index in [1.54, 1.807) is 29.2 Å². The number of nitrogens with one attached hydrogen (secondary N) is 2. The number of hydrogen-bond acceptors (Lipinski definition) is 5. The summed E-state index contributed by atoms with van der Waals surface area (Å²) in [7, 11) is -3.34. The van der Waals surface area contributed by atoms with Gasteiger partial charge in [-0.1, -0.05) is 0 Å². The fraction of sp³-hybridized carbons (Fsp3) is 0.556. The van der Waals surface area contributed by atoms with Crippen LogP contribution in [0.1, 0.15) is 36.0 Å². The summed E-state index contributed by atoms with van der Waals surface area (Å²) >= 11 is 0. The first-order chi connectivity index (χ1) is 12.8. The number of carbonyl (C=O) groups is 2. The first-order valence-electron chi connectivity index (χ1n) is 9.11. The molecule has 1 aromatic carbocycles. The Balaban J connectivity index is 1.50. The van der Waals surface area contributed by atoms with E-state index in [0.29, 0.717) is 43.8 Å². The molecule has 1 aromatic rings. The van der Waals surface area contributed by atoms with E-state index in [4.69, 9.17) is 4.74 Å². The molecule has 2 fully saturated rings. The molecule has 2 aliphatic heterocycles. The maximum Gasteiger partial charge on any atom is 0.253 e. The Hall–Kier alpha value is -2.13. The van der Waals surface area contributed by atoms with Crippen LogP contribution in [0.15, 0.2) is 24.3 Å². The zero-order valence-electron chi connectivity index (χ0n) is 15.3. The van der Waals surface area contributed by atoms with Crippen molar-refractivity contribution in [2.75, 3.05) is 30.7 Å². The number of sulfonamides is 1. The highest BCUT2D eigenvalue weighted by molar-refractivity contribution is 7.92.